The van der Waals surface area contributed by atoms with Crippen LogP contribution in [0, 0.1) is 0 Å². The zero-order valence-electron chi connectivity index (χ0n) is 12.0. The first kappa shape index (κ1) is 15.6. The van der Waals surface area contributed by atoms with Crippen molar-refractivity contribution in [1.29, 1.82) is 0 Å². The number of aliphatic carboxylic acids is 1. The summed E-state index contributed by atoms with van der Waals surface area (Å²) >= 11 is 5.84. The van der Waals surface area contributed by atoms with Crippen molar-refractivity contribution in [2.24, 2.45) is 0 Å². The number of urea groups is 1. The van der Waals surface area contributed by atoms with Crippen LogP contribution < -0.4 is 4.90 Å². The SMILES string of the molecule is CN(C(=O)N(CC(=O)O)c1ccc(Cl)cc1)C1CCCC1. The highest BCUT2D eigenvalue weighted by Crippen LogP contribution is 2.25. The van der Waals surface area contributed by atoms with Crippen LogP contribution in [-0.4, -0.2) is 41.6 Å². The Kier molecular flexibility index (Phi) is 5.07. The van der Waals surface area contributed by atoms with Gasteiger partial charge >= 0.3 is 12.0 Å². The van der Waals surface area contributed by atoms with Gasteiger partial charge in [-0.15, -0.1) is 0 Å². The third-order valence-electron chi connectivity index (χ3n) is 3.84. The van der Waals surface area contributed by atoms with E-state index in [-0.39, 0.29) is 18.6 Å². The second-order valence-corrected chi connectivity index (χ2v) is 5.72. The van der Waals surface area contributed by atoms with Gasteiger partial charge in [-0.1, -0.05) is 24.4 Å². The number of carboxylic acid groups (broad SMARTS) is 1. The summed E-state index contributed by atoms with van der Waals surface area (Å²) in [5, 5.41) is 9.60. The van der Waals surface area contributed by atoms with Crippen molar-refractivity contribution in [1.82, 2.24) is 4.90 Å². The zero-order valence-corrected chi connectivity index (χ0v) is 12.7. The van der Waals surface area contributed by atoms with Crippen molar-refractivity contribution >= 4 is 29.3 Å². The minimum atomic E-state index is -1.04. The van der Waals surface area contributed by atoms with Crippen molar-refractivity contribution in [3.63, 3.8) is 0 Å². The van der Waals surface area contributed by atoms with E-state index in [4.69, 9.17) is 16.7 Å². The highest BCUT2D eigenvalue weighted by Gasteiger charge is 2.28. The first-order valence-corrected chi connectivity index (χ1v) is 7.38. The van der Waals surface area contributed by atoms with Gasteiger partial charge in [0, 0.05) is 23.8 Å². The molecule has 0 heterocycles. The Hall–Kier alpha value is -1.75. The standard InChI is InChI=1S/C15H19ClN2O3/c1-17(12-4-2-3-5-12)15(21)18(10-14(19)20)13-8-6-11(16)7-9-13/h6-9,12H,2-5,10H2,1H3,(H,19,20). The lowest BCUT2D eigenvalue weighted by atomic mass is 10.2. The summed E-state index contributed by atoms with van der Waals surface area (Å²) in [6.07, 6.45) is 4.18. The Balaban J connectivity index is 2.20. The first-order valence-electron chi connectivity index (χ1n) is 7.00. The summed E-state index contributed by atoms with van der Waals surface area (Å²) in [7, 11) is 1.74. The maximum absolute atomic E-state index is 12.6. The topological polar surface area (TPSA) is 60.9 Å². The molecule has 1 aliphatic carbocycles. The Morgan fingerprint density at radius 3 is 2.33 bits per heavy atom. The molecule has 6 heteroatoms. The van der Waals surface area contributed by atoms with Crippen molar-refractivity contribution < 1.29 is 14.7 Å². The van der Waals surface area contributed by atoms with Crippen LogP contribution in [0.1, 0.15) is 25.7 Å². The van der Waals surface area contributed by atoms with Crippen LogP contribution in [0.5, 0.6) is 0 Å². The van der Waals surface area contributed by atoms with Crippen LogP contribution in [0.2, 0.25) is 5.02 Å². The van der Waals surface area contributed by atoms with E-state index in [1.54, 1.807) is 36.2 Å². The van der Waals surface area contributed by atoms with E-state index in [1.165, 1.54) is 4.90 Å². The van der Waals surface area contributed by atoms with E-state index in [0.29, 0.717) is 10.7 Å². The van der Waals surface area contributed by atoms with E-state index < -0.39 is 5.97 Å². The van der Waals surface area contributed by atoms with Crippen molar-refractivity contribution in [3.8, 4) is 0 Å². The van der Waals surface area contributed by atoms with Gasteiger partial charge in [-0.2, -0.15) is 0 Å². The quantitative estimate of drug-likeness (QED) is 0.928. The summed E-state index contributed by atoms with van der Waals surface area (Å²) in [6, 6.07) is 6.52. The van der Waals surface area contributed by atoms with E-state index in [9.17, 15) is 9.59 Å². The fourth-order valence-electron chi connectivity index (χ4n) is 2.66. The van der Waals surface area contributed by atoms with Crippen LogP contribution in [0.4, 0.5) is 10.5 Å². The number of halogens is 1. The second kappa shape index (κ2) is 6.80. The summed E-state index contributed by atoms with van der Waals surface area (Å²) in [4.78, 5) is 26.6. The minimum Gasteiger partial charge on any atom is -0.480 e. The van der Waals surface area contributed by atoms with Gasteiger partial charge in [0.05, 0.1) is 0 Å². The van der Waals surface area contributed by atoms with Gasteiger partial charge in [-0.05, 0) is 37.1 Å². The van der Waals surface area contributed by atoms with Gasteiger partial charge in [-0.3, -0.25) is 9.69 Å². The molecule has 2 rings (SSSR count). The molecule has 2 amide bonds. The highest BCUT2D eigenvalue weighted by molar-refractivity contribution is 6.30. The Labute approximate surface area is 129 Å². The summed E-state index contributed by atoms with van der Waals surface area (Å²) in [6.45, 7) is -0.364. The number of hydrogen-bond donors (Lipinski definition) is 1. The lowest BCUT2D eigenvalue weighted by molar-refractivity contribution is -0.135. The maximum Gasteiger partial charge on any atom is 0.325 e. The first-order chi connectivity index (χ1) is 9.99. The summed E-state index contributed by atoms with van der Waals surface area (Å²) in [5.41, 5.74) is 0.539. The van der Waals surface area contributed by atoms with Crippen LogP contribution in [-0.2, 0) is 4.79 Å². The molecule has 0 spiro atoms. The lowest BCUT2D eigenvalue weighted by Crippen LogP contribution is -2.47. The Bertz CT molecular complexity index is 512. The molecule has 1 aromatic rings. The molecule has 1 aromatic carbocycles. The number of benzene rings is 1. The molecule has 0 bridgehead atoms. The van der Waals surface area contributed by atoms with Crippen molar-refractivity contribution in [3.05, 3.63) is 29.3 Å². The van der Waals surface area contributed by atoms with E-state index in [2.05, 4.69) is 0 Å². The van der Waals surface area contributed by atoms with Crippen LogP contribution in [0.15, 0.2) is 24.3 Å². The summed E-state index contributed by atoms with van der Waals surface area (Å²) in [5.74, 6) is -1.04. The van der Waals surface area contributed by atoms with Crippen molar-refractivity contribution in [2.75, 3.05) is 18.5 Å². The molecule has 0 radical (unpaired) electrons. The maximum atomic E-state index is 12.6. The highest BCUT2D eigenvalue weighted by atomic mass is 35.5. The van der Waals surface area contributed by atoms with E-state index in [1.807, 2.05) is 0 Å². The van der Waals surface area contributed by atoms with Gasteiger partial charge < -0.3 is 10.0 Å². The van der Waals surface area contributed by atoms with Gasteiger partial charge in [0.15, 0.2) is 0 Å². The largest absolute Gasteiger partial charge is 0.480 e. The molecule has 1 saturated carbocycles. The molecule has 1 fully saturated rings. The molecule has 0 aliphatic heterocycles. The average molecular weight is 311 g/mol. The molecular weight excluding hydrogens is 292 g/mol. The van der Waals surface area contributed by atoms with Crippen molar-refractivity contribution in [2.45, 2.75) is 31.7 Å². The zero-order chi connectivity index (χ0) is 15.4. The number of rotatable bonds is 4. The van der Waals surface area contributed by atoms with E-state index in [0.717, 1.165) is 25.7 Å². The average Bonchev–Trinajstić information content (AvgIpc) is 2.98. The van der Waals surface area contributed by atoms with Crippen LogP contribution in [0.25, 0.3) is 0 Å². The van der Waals surface area contributed by atoms with Gasteiger partial charge in [0.25, 0.3) is 0 Å². The van der Waals surface area contributed by atoms with Gasteiger partial charge in [-0.25, -0.2) is 4.79 Å². The third-order valence-corrected chi connectivity index (χ3v) is 4.09. The monoisotopic (exact) mass is 310 g/mol. The fourth-order valence-corrected chi connectivity index (χ4v) is 2.79. The normalized spacial score (nSPS) is 15.0. The fraction of sp³-hybridized carbons (Fsp3) is 0.467. The third kappa shape index (κ3) is 3.88. The van der Waals surface area contributed by atoms with Gasteiger partial charge in [0.2, 0.25) is 0 Å². The molecule has 5 nitrogen and oxygen atoms in total. The van der Waals surface area contributed by atoms with Gasteiger partial charge in [0.1, 0.15) is 6.54 Å². The Morgan fingerprint density at radius 2 is 1.81 bits per heavy atom. The molecule has 1 aliphatic rings. The molecule has 0 unspecified atom stereocenters. The predicted octanol–water partition coefficient (Wildman–Crippen LogP) is 3.23. The molecule has 21 heavy (non-hydrogen) atoms. The number of carbonyl (C=O) groups excluding carboxylic acids is 1. The number of amides is 2. The number of anilines is 1. The molecule has 0 saturated heterocycles. The Morgan fingerprint density at radius 1 is 1.24 bits per heavy atom. The lowest BCUT2D eigenvalue weighted by Gasteiger charge is -2.31. The number of nitrogens with zero attached hydrogens (tertiary/aromatic N) is 2. The number of carbonyl (C=O) groups is 2. The number of hydrogen-bond acceptors (Lipinski definition) is 2. The predicted molar refractivity (Wildman–Crippen MR) is 81.8 cm³/mol. The molecular formula is C15H19ClN2O3. The van der Waals surface area contributed by atoms with Crippen LogP contribution >= 0.6 is 11.6 Å². The molecule has 0 atom stereocenters. The minimum absolute atomic E-state index is 0.195. The second-order valence-electron chi connectivity index (χ2n) is 5.29. The van der Waals surface area contributed by atoms with E-state index >= 15 is 0 Å². The summed E-state index contributed by atoms with van der Waals surface area (Å²) < 4.78 is 0. The van der Waals surface area contributed by atoms with Crippen LogP contribution in [0.3, 0.4) is 0 Å². The molecule has 114 valence electrons. The number of carboxylic acids is 1. The molecule has 1 N–H and O–H groups in total. The smallest absolute Gasteiger partial charge is 0.325 e. The molecule has 0 aromatic heterocycles.